The SMILES string of the molecule is COc1ccc([C@H]2c3c(oc4ccc(Cl)cc4c3=O)C(=O)N2CCC[NH+]2CCOCC2)cc1. The van der Waals surface area contributed by atoms with Gasteiger partial charge >= 0.3 is 0 Å². The van der Waals surface area contributed by atoms with Gasteiger partial charge in [-0.05, 0) is 35.9 Å². The van der Waals surface area contributed by atoms with Gasteiger partial charge in [-0.25, -0.2) is 0 Å². The Morgan fingerprint density at radius 2 is 1.88 bits per heavy atom. The number of nitrogens with zero attached hydrogens (tertiary/aromatic N) is 1. The second-order valence-corrected chi connectivity index (χ2v) is 8.89. The molecule has 2 aromatic carbocycles. The highest BCUT2D eigenvalue weighted by Gasteiger charge is 2.42. The number of carbonyl (C=O) groups is 1. The van der Waals surface area contributed by atoms with E-state index in [0.29, 0.717) is 33.8 Å². The minimum absolute atomic E-state index is 0.120. The topological polar surface area (TPSA) is 73.4 Å². The summed E-state index contributed by atoms with van der Waals surface area (Å²) in [6.45, 7) is 4.96. The largest absolute Gasteiger partial charge is 0.497 e. The molecule has 1 atom stereocenters. The predicted octanol–water partition coefficient (Wildman–Crippen LogP) is 2.31. The molecule has 2 aliphatic heterocycles. The van der Waals surface area contributed by atoms with Gasteiger partial charge in [0, 0.05) is 18.0 Å². The van der Waals surface area contributed by atoms with Gasteiger partial charge in [0.1, 0.15) is 24.4 Å². The van der Waals surface area contributed by atoms with Crippen molar-refractivity contribution in [1.29, 1.82) is 0 Å². The summed E-state index contributed by atoms with van der Waals surface area (Å²) in [7, 11) is 1.61. The molecule has 2 aliphatic rings. The second kappa shape index (κ2) is 9.17. The van der Waals surface area contributed by atoms with Gasteiger partial charge in [-0.2, -0.15) is 0 Å². The molecule has 1 amide bonds. The lowest BCUT2D eigenvalue weighted by atomic mass is 9.98. The van der Waals surface area contributed by atoms with Crippen molar-refractivity contribution in [3.8, 4) is 5.75 Å². The Hall–Kier alpha value is -2.87. The number of halogens is 1. The maximum absolute atomic E-state index is 13.6. The summed E-state index contributed by atoms with van der Waals surface area (Å²) in [4.78, 5) is 30.3. The molecular weight excluding hydrogens is 444 g/mol. The van der Waals surface area contributed by atoms with Crippen LogP contribution < -0.4 is 15.1 Å². The number of methoxy groups -OCH3 is 1. The Bertz CT molecular complexity index is 1230. The van der Waals surface area contributed by atoms with Crippen LogP contribution in [0.15, 0.2) is 51.7 Å². The average Bonchev–Trinajstić information content (AvgIpc) is 3.12. The van der Waals surface area contributed by atoms with Crippen LogP contribution in [0.4, 0.5) is 0 Å². The van der Waals surface area contributed by atoms with Gasteiger partial charge in [0.15, 0.2) is 5.43 Å². The van der Waals surface area contributed by atoms with Crippen molar-refractivity contribution in [2.24, 2.45) is 0 Å². The number of fused-ring (bicyclic) bond motifs is 2. The minimum Gasteiger partial charge on any atom is -0.497 e. The molecule has 0 radical (unpaired) electrons. The van der Waals surface area contributed by atoms with Gasteiger partial charge < -0.3 is 23.7 Å². The van der Waals surface area contributed by atoms with Crippen molar-refractivity contribution in [2.75, 3.05) is 46.5 Å². The zero-order chi connectivity index (χ0) is 22.9. The summed E-state index contributed by atoms with van der Waals surface area (Å²) in [6.07, 6.45) is 0.821. The Kier molecular flexibility index (Phi) is 6.10. The van der Waals surface area contributed by atoms with Crippen molar-refractivity contribution in [3.05, 3.63) is 74.6 Å². The van der Waals surface area contributed by atoms with Crippen LogP contribution in [0, 0.1) is 0 Å². The fourth-order valence-corrected chi connectivity index (χ4v) is 4.94. The van der Waals surface area contributed by atoms with E-state index in [2.05, 4.69) is 0 Å². The molecule has 1 saturated heterocycles. The van der Waals surface area contributed by atoms with Gasteiger partial charge in [0.25, 0.3) is 5.91 Å². The summed E-state index contributed by atoms with van der Waals surface area (Å²) >= 11 is 6.14. The van der Waals surface area contributed by atoms with Crippen LogP contribution in [0.2, 0.25) is 5.02 Å². The van der Waals surface area contributed by atoms with Gasteiger partial charge in [-0.15, -0.1) is 0 Å². The Balaban J connectivity index is 1.53. The molecule has 1 aromatic heterocycles. The number of carbonyl (C=O) groups excluding carboxylic acids is 1. The molecule has 3 heterocycles. The first-order chi connectivity index (χ1) is 16.1. The lowest BCUT2D eigenvalue weighted by Crippen LogP contribution is -3.14. The molecule has 5 rings (SSSR count). The molecule has 1 N–H and O–H groups in total. The lowest BCUT2D eigenvalue weighted by molar-refractivity contribution is -0.908. The summed E-state index contributed by atoms with van der Waals surface area (Å²) in [5, 5.41) is 0.831. The maximum atomic E-state index is 13.6. The quantitative estimate of drug-likeness (QED) is 0.599. The molecule has 0 bridgehead atoms. The van der Waals surface area contributed by atoms with Crippen LogP contribution in [-0.2, 0) is 4.74 Å². The van der Waals surface area contributed by atoms with Crippen LogP contribution in [0.3, 0.4) is 0 Å². The Morgan fingerprint density at radius 3 is 2.61 bits per heavy atom. The van der Waals surface area contributed by atoms with E-state index < -0.39 is 6.04 Å². The zero-order valence-corrected chi connectivity index (χ0v) is 19.2. The molecule has 1 fully saturated rings. The first kappa shape index (κ1) is 21.9. The van der Waals surface area contributed by atoms with E-state index in [1.165, 1.54) is 4.90 Å². The van der Waals surface area contributed by atoms with Crippen LogP contribution in [0.1, 0.15) is 34.1 Å². The van der Waals surface area contributed by atoms with E-state index in [4.69, 9.17) is 25.5 Å². The van der Waals surface area contributed by atoms with E-state index in [9.17, 15) is 9.59 Å². The third-order valence-electron chi connectivity index (χ3n) is 6.49. The summed E-state index contributed by atoms with van der Waals surface area (Å²) in [6, 6.07) is 11.9. The van der Waals surface area contributed by atoms with Gasteiger partial charge in [-0.3, -0.25) is 9.59 Å². The molecule has 172 valence electrons. The smallest absolute Gasteiger partial charge is 0.290 e. The molecule has 7 nitrogen and oxygen atoms in total. The number of benzene rings is 2. The third-order valence-corrected chi connectivity index (χ3v) is 6.72. The highest BCUT2D eigenvalue weighted by Crippen LogP contribution is 2.38. The molecule has 3 aromatic rings. The number of rotatable bonds is 6. The number of quaternary nitrogens is 1. The predicted molar refractivity (Wildman–Crippen MR) is 124 cm³/mol. The van der Waals surface area contributed by atoms with Gasteiger partial charge in [0.2, 0.25) is 5.76 Å². The fraction of sp³-hybridized carbons (Fsp3) is 0.360. The van der Waals surface area contributed by atoms with E-state index in [1.807, 2.05) is 24.3 Å². The molecule has 8 heteroatoms. The summed E-state index contributed by atoms with van der Waals surface area (Å²) in [5.41, 5.74) is 1.36. The Labute approximate surface area is 196 Å². The van der Waals surface area contributed by atoms with E-state index in [1.54, 1.807) is 30.2 Å². The van der Waals surface area contributed by atoms with Crippen molar-refractivity contribution in [2.45, 2.75) is 12.5 Å². The van der Waals surface area contributed by atoms with Crippen LogP contribution in [-0.4, -0.2) is 57.3 Å². The number of hydrogen-bond acceptors (Lipinski definition) is 5. The minimum atomic E-state index is -0.516. The van der Waals surface area contributed by atoms with Crippen molar-refractivity contribution >= 4 is 28.5 Å². The maximum Gasteiger partial charge on any atom is 0.290 e. The summed E-state index contributed by atoms with van der Waals surface area (Å²) in [5.74, 6) is 0.578. The normalized spacial score (nSPS) is 18.7. The number of nitrogens with one attached hydrogen (secondary N) is 1. The van der Waals surface area contributed by atoms with Crippen LogP contribution in [0.5, 0.6) is 5.75 Å². The molecular formula is C25H26ClN2O5+. The van der Waals surface area contributed by atoms with E-state index in [-0.39, 0.29) is 17.1 Å². The number of hydrogen-bond donors (Lipinski definition) is 1. The number of amides is 1. The lowest BCUT2D eigenvalue weighted by Gasteiger charge is -2.27. The zero-order valence-electron chi connectivity index (χ0n) is 18.4. The van der Waals surface area contributed by atoms with Gasteiger partial charge in [-0.1, -0.05) is 23.7 Å². The van der Waals surface area contributed by atoms with Crippen LogP contribution in [0.25, 0.3) is 11.0 Å². The molecule has 0 aliphatic carbocycles. The number of ether oxygens (including phenoxy) is 2. The highest BCUT2D eigenvalue weighted by molar-refractivity contribution is 6.31. The van der Waals surface area contributed by atoms with Crippen LogP contribution >= 0.6 is 11.6 Å². The molecule has 33 heavy (non-hydrogen) atoms. The first-order valence-electron chi connectivity index (χ1n) is 11.2. The fourth-order valence-electron chi connectivity index (χ4n) is 4.77. The Morgan fingerprint density at radius 1 is 1.12 bits per heavy atom. The first-order valence-corrected chi connectivity index (χ1v) is 11.6. The molecule has 0 saturated carbocycles. The monoisotopic (exact) mass is 469 g/mol. The summed E-state index contributed by atoms with van der Waals surface area (Å²) < 4.78 is 16.7. The molecule has 0 spiro atoms. The van der Waals surface area contributed by atoms with Crippen molar-refractivity contribution in [3.63, 3.8) is 0 Å². The van der Waals surface area contributed by atoms with E-state index >= 15 is 0 Å². The molecule has 0 unspecified atom stereocenters. The standard InChI is InChI=1S/C25H25ClN2O5/c1-31-18-6-3-16(4-7-18)22-21-23(29)19-15-17(26)5-8-20(19)33-24(21)25(30)28(22)10-2-9-27-11-13-32-14-12-27/h3-8,15,22H,2,9-14H2,1H3/p+1/t22-/m0/s1. The van der Waals surface area contributed by atoms with Crippen molar-refractivity contribution in [1.82, 2.24) is 4.90 Å². The second-order valence-electron chi connectivity index (χ2n) is 8.45. The number of morpholine rings is 1. The van der Waals surface area contributed by atoms with Crippen molar-refractivity contribution < 1.29 is 23.6 Å². The highest BCUT2D eigenvalue weighted by atomic mass is 35.5. The third kappa shape index (κ3) is 4.12. The van der Waals surface area contributed by atoms with E-state index in [0.717, 1.165) is 44.8 Å². The average molecular weight is 470 g/mol. The van der Waals surface area contributed by atoms with Gasteiger partial charge in [0.05, 0.1) is 43.9 Å².